The first-order valence-electron chi connectivity index (χ1n) is 47.0. The van der Waals surface area contributed by atoms with Crippen LogP contribution in [-0.2, 0) is 0 Å². The van der Waals surface area contributed by atoms with Crippen molar-refractivity contribution in [1.82, 2.24) is 0 Å². The standard InChI is InChI=1S/C44H19Cl8NO4.C44H27NO4.C38H27NO2/c45-32-28-29(33(46)37(50)36(32)49)42(55)26(41(28)54)18-9-13-22(14-10-18)53(40-24-7-3-1-5-20(24)17-21-6-2-4-8-25(21)40)23-15-11-19(12-16-23)27-43(56)30-31(44(27)57)35(48)39(52)38(51)34(30)47;46-41-34-13-5-6-14-35(34)42(47)38(41)26-17-21-30(22-18-26)45(40-32-11-3-1-9-28(32)25-29-10-2-4-12-33(29)40)31-23-19-27(20-24-31)39-43(48)36-15-7-8-16-37(36)44(39)49;1-3-13-32(14-4-1)40-34-23-19-30(20-24-34)39(31-21-25-35(26-22-31)41-33-15-5-2-6-16-33)38-36-17-9-7-11-28(36)27-29-12-8-10-18-37(29)38/h1-17,26-27H;1-25,38-39H;1-27H. The van der Waals surface area contributed by atoms with Gasteiger partial charge in [-0.05, 0) is 194 Å². The minimum absolute atomic E-state index is 0.0582. The summed E-state index contributed by atoms with van der Waals surface area (Å²) in [4.78, 5) is 115. The lowest BCUT2D eigenvalue weighted by atomic mass is 9.93. The number of nitrogens with zero attached hydrogens (tertiary/aromatic N) is 3. The minimum Gasteiger partial charge on any atom is -0.457 e. The molecular weight excluding hydrogens is 2000 g/mol. The number of benzene rings is 21. The van der Waals surface area contributed by atoms with Gasteiger partial charge in [-0.1, -0.05) is 372 Å². The third-order valence-electron chi connectivity index (χ3n) is 27.5. The summed E-state index contributed by atoms with van der Waals surface area (Å²) < 4.78 is 12.2. The van der Waals surface area contributed by atoms with Crippen LogP contribution in [0.15, 0.2) is 419 Å². The number of hydrogen-bond acceptors (Lipinski definition) is 13. The Labute approximate surface area is 882 Å². The van der Waals surface area contributed by atoms with Gasteiger partial charge in [0.05, 0.1) is 79.5 Å². The van der Waals surface area contributed by atoms with Gasteiger partial charge in [0, 0.05) is 88.7 Å². The highest BCUT2D eigenvalue weighted by Crippen LogP contribution is 2.55. The molecule has 21 aromatic rings. The van der Waals surface area contributed by atoms with Crippen LogP contribution in [0.2, 0.25) is 40.2 Å². The zero-order valence-corrected chi connectivity index (χ0v) is 83.1. The quantitative estimate of drug-likeness (QED) is 0.0366. The van der Waals surface area contributed by atoms with E-state index in [-0.39, 0.29) is 85.6 Å². The van der Waals surface area contributed by atoms with E-state index in [4.69, 9.17) is 102 Å². The van der Waals surface area contributed by atoms with E-state index in [9.17, 15) is 38.4 Å². The van der Waals surface area contributed by atoms with Gasteiger partial charge >= 0.3 is 0 Å². The lowest BCUT2D eigenvalue weighted by molar-refractivity contribution is 0.0874. The molecule has 0 unspecified atom stereocenters. The van der Waals surface area contributed by atoms with Crippen molar-refractivity contribution in [1.29, 1.82) is 0 Å². The molecule has 0 aliphatic heterocycles. The number of carbonyl (C=O) groups excluding carboxylic acids is 8. The average molecular weight is 2070 g/mol. The maximum Gasteiger partial charge on any atom is 0.180 e. The molecule has 0 aromatic heterocycles. The number of Topliss-reactive ketones (excluding diaryl/α,β-unsaturated/α-hetero) is 8. The molecule has 0 bridgehead atoms. The van der Waals surface area contributed by atoms with Crippen molar-refractivity contribution in [2.75, 3.05) is 14.7 Å². The number of anilines is 9. The first-order chi connectivity index (χ1) is 71.6. The molecule has 147 heavy (non-hydrogen) atoms. The normalized spacial score (nSPS) is 13.4. The fourth-order valence-corrected chi connectivity index (χ4v) is 22.7. The van der Waals surface area contributed by atoms with Crippen LogP contribution in [0.25, 0.3) is 64.6 Å². The van der Waals surface area contributed by atoms with Crippen molar-refractivity contribution in [2.45, 2.75) is 23.7 Å². The topological polar surface area (TPSA) is 165 Å². The molecular formula is C126H73Cl8N3O10. The first kappa shape index (κ1) is 94.4. The van der Waals surface area contributed by atoms with E-state index in [1.165, 1.54) is 21.5 Å². The Balaban J connectivity index is 0.000000123. The van der Waals surface area contributed by atoms with E-state index in [1.54, 1.807) is 72.8 Å². The molecule has 25 rings (SSSR count). The Morgan fingerprint density at radius 2 is 0.340 bits per heavy atom. The summed E-state index contributed by atoms with van der Waals surface area (Å²) in [6.45, 7) is 0. The van der Waals surface area contributed by atoms with E-state index in [0.717, 1.165) is 106 Å². The van der Waals surface area contributed by atoms with Crippen LogP contribution >= 0.6 is 92.8 Å². The molecule has 21 aromatic carbocycles. The van der Waals surface area contributed by atoms with Crippen LogP contribution in [-0.4, -0.2) is 46.3 Å². The van der Waals surface area contributed by atoms with Gasteiger partial charge in [-0.3, -0.25) is 38.4 Å². The lowest BCUT2D eigenvalue weighted by Gasteiger charge is -2.29. The van der Waals surface area contributed by atoms with E-state index in [1.807, 2.05) is 235 Å². The molecule has 0 heterocycles. The van der Waals surface area contributed by atoms with Crippen molar-refractivity contribution in [3.05, 3.63) is 526 Å². The number of rotatable bonds is 17. The van der Waals surface area contributed by atoms with Gasteiger partial charge in [0.1, 0.15) is 46.7 Å². The number of para-hydroxylation sites is 2. The van der Waals surface area contributed by atoms with E-state index in [0.29, 0.717) is 55.9 Å². The van der Waals surface area contributed by atoms with Gasteiger partial charge in [0.2, 0.25) is 0 Å². The smallest absolute Gasteiger partial charge is 0.180 e. The SMILES string of the molecule is O=C1c2c(Cl)c(Cl)c(Cl)c(Cl)c2C(=O)C1c1ccc(N(c2ccc(C3C(=O)c4c(Cl)c(Cl)c(Cl)c(Cl)c4C3=O)cc2)c2c3ccccc3cc3ccccc23)cc1.O=C1c2ccccc2C(=O)C1c1ccc(N(c2ccc(C3C(=O)c4ccccc4C3=O)cc2)c2c3ccccc3cc3ccccc23)cc1.c1ccc(Oc2ccc(N(c3ccc(Oc4ccccc4)cc3)c3c4ccccc4cc4ccccc34)cc2)cc1. The molecule has 4 aliphatic rings. The molecule has 0 radical (unpaired) electrons. The Morgan fingerprint density at radius 1 is 0.170 bits per heavy atom. The van der Waals surface area contributed by atoms with Crippen molar-refractivity contribution in [3.63, 3.8) is 0 Å². The van der Waals surface area contributed by atoms with Crippen LogP contribution in [0, 0.1) is 0 Å². The van der Waals surface area contributed by atoms with Gasteiger partial charge in [0.15, 0.2) is 46.3 Å². The lowest BCUT2D eigenvalue weighted by Crippen LogP contribution is -2.15. The average Bonchev–Trinajstić information content (AvgIpc) is 1.60. The van der Waals surface area contributed by atoms with Crippen LogP contribution in [0.4, 0.5) is 51.2 Å². The van der Waals surface area contributed by atoms with Gasteiger partial charge < -0.3 is 24.2 Å². The molecule has 0 saturated carbocycles. The van der Waals surface area contributed by atoms with Crippen LogP contribution in [0.5, 0.6) is 23.0 Å². The number of fused-ring (bicyclic) bond motifs is 10. The van der Waals surface area contributed by atoms with Crippen molar-refractivity contribution < 1.29 is 47.8 Å². The van der Waals surface area contributed by atoms with E-state index < -0.39 is 46.8 Å². The maximum absolute atomic E-state index is 13.8. The number of hydrogen-bond donors (Lipinski definition) is 0. The minimum atomic E-state index is -1.22. The molecule has 4 aliphatic carbocycles. The second kappa shape index (κ2) is 39.1. The number of carbonyl (C=O) groups is 8. The molecule has 0 atom stereocenters. The summed E-state index contributed by atoms with van der Waals surface area (Å²) >= 11 is 50.8. The van der Waals surface area contributed by atoms with Gasteiger partial charge in [-0.25, -0.2) is 0 Å². The fraction of sp³-hybridized carbons (Fsp3) is 0.0317. The van der Waals surface area contributed by atoms with Crippen LogP contribution in [0.1, 0.15) is 129 Å². The Kier molecular flexibility index (Phi) is 25.1. The van der Waals surface area contributed by atoms with Crippen molar-refractivity contribution in [3.8, 4) is 23.0 Å². The van der Waals surface area contributed by atoms with E-state index >= 15 is 0 Å². The second-order valence-corrected chi connectivity index (χ2v) is 39.0. The number of halogens is 8. The fourth-order valence-electron chi connectivity index (χ4n) is 20.7. The van der Waals surface area contributed by atoms with Gasteiger partial charge in [0.25, 0.3) is 0 Å². The summed E-state index contributed by atoms with van der Waals surface area (Å²) in [5, 5.41) is 11.9. The van der Waals surface area contributed by atoms with Crippen molar-refractivity contribution >= 4 is 255 Å². The molecule has 708 valence electrons. The third-order valence-corrected chi connectivity index (χ3v) is 31.1. The maximum atomic E-state index is 13.8. The van der Waals surface area contributed by atoms with Gasteiger partial charge in [-0.15, -0.1) is 0 Å². The molecule has 13 nitrogen and oxygen atoms in total. The molecule has 0 saturated heterocycles. The van der Waals surface area contributed by atoms with Crippen LogP contribution in [0.3, 0.4) is 0 Å². The highest BCUT2D eigenvalue weighted by molar-refractivity contribution is 6.57. The van der Waals surface area contributed by atoms with Crippen LogP contribution < -0.4 is 24.2 Å². The summed E-state index contributed by atoms with van der Waals surface area (Å²) in [7, 11) is 0. The van der Waals surface area contributed by atoms with Crippen molar-refractivity contribution in [2.24, 2.45) is 0 Å². The molecule has 0 amide bonds. The Bertz CT molecular complexity index is 8420. The second-order valence-electron chi connectivity index (χ2n) is 35.9. The predicted molar refractivity (Wildman–Crippen MR) is 593 cm³/mol. The molecule has 0 fully saturated rings. The Morgan fingerprint density at radius 3 is 0.551 bits per heavy atom. The summed E-state index contributed by atoms with van der Waals surface area (Å²) in [5.41, 5.74) is 11.8. The predicted octanol–water partition coefficient (Wildman–Crippen LogP) is 35.9. The third kappa shape index (κ3) is 16.8. The summed E-state index contributed by atoms with van der Waals surface area (Å²) in [6.07, 6.45) is 0. The number of ketones is 8. The largest absolute Gasteiger partial charge is 0.457 e. The summed E-state index contributed by atoms with van der Waals surface area (Å²) in [6, 6.07) is 136. The Hall–Kier alpha value is -16.1. The number of ether oxygens (including phenoxy) is 2. The highest BCUT2D eigenvalue weighted by Gasteiger charge is 2.48. The molecule has 21 heteroatoms. The zero-order valence-electron chi connectivity index (χ0n) is 77.1. The zero-order chi connectivity index (χ0) is 101. The van der Waals surface area contributed by atoms with E-state index in [2.05, 4.69) is 125 Å². The summed E-state index contributed by atoms with van der Waals surface area (Å²) in [5.74, 6) is -3.86. The first-order valence-corrected chi connectivity index (χ1v) is 50.1. The molecule has 0 N–H and O–H groups in total. The molecule has 0 spiro atoms. The highest BCUT2D eigenvalue weighted by atomic mass is 35.5. The van der Waals surface area contributed by atoms with Gasteiger partial charge in [-0.2, -0.15) is 0 Å². The monoisotopic (exact) mass is 2070 g/mol.